The SMILES string of the molecule is CC(C)c1cnn2c(Nc3ccc(S(=O)(=O)N(C)C)cc3)cc(NC3CCN(C)CC3)nc12. The molecule has 1 fully saturated rings. The standard InChI is InChI=1S/C23H33N7O2S/c1-16(2)20-15-24-30-22(26-17-6-8-19(9-7-17)33(31,32)28(3)4)14-21(27-23(20)30)25-18-10-12-29(5)13-11-18/h6-9,14-16,18,26H,10-13H2,1-5H3,(H,25,27). The van der Waals surface area contributed by atoms with Crippen LogP contribution < -0.4 is 10.6 Å². The summed E-state index contributed by atoms with van der Waals surface area (Å²) in [7, 11) is 1.73. The van der Waals surface area contributed by atoms with Gasteiger partial charge in [-0.1, -0.05) is 13.8 Å². The predicted octanol–water partition coefficient (Wildman–Crippen LogP) is 3.35. The van der Waals surface area contributed by atoms with Crippen LogP contribution in [0.2, 0.25) is 0 Å². The molecule has 0 saturated carbocycles. The van der Waals surface area contributed by atoms with E-state index in [1.54, 1.807) is 28.8 Å². The topological polar surface area (TPSA) is 94.9 Å². The Morgan fingerprint density at radius 3 is 2.39 bits per heavy atom. The number of piperidine rings is 1. The molecule has 0 atom stereocenters. The number of fused-ring (bicyclic) bond motifs is 1. The van der Waals surface area contributed by atoms with Gasteiger partial charge in [0.05, 0.1) is 11.1 Å². The molecular formula is C23H33N7O2S. The highest BCUT2D eigenvalue weighted by molar-refractivity contribution is 7.89. The summed E-state index contributed by atoms with van der Waals surface area (Å²) in [6, 6.07) is 9.09. The van der Waals surface area contributed by atoms with Gasteiger partial charge in [-0.15, -0.1) is 0 Å². The highest BCUT2D eigenvalue weighted by Gasteiger charge is 2.20. The molecular weight excluding hydrogens is 438 g/mol. The van der Waals surface area contributed by atoms with Gasteiger partial charge in [-0.05, 0) is 63.2 Å². The third-order valence-corrected chi connectivity index (χ3v) is 7.93. The van der Waals surface area contributed by atoms with Crippen molar-refractivity contribution >= 4 is 33.0 Å². The molecule has 9 nitrogen and oxygen atoms in total. The first kappa shape index (κ1) is 23.5. The monoisotopic (exact) mass is 471 g/mol. The van der Waals surface area contributed by atoms with Crippen molar-refractivity contribution in [3.63, 3.8) is 0 Å². The Bertz CT molecular complexity index is 1210. The summed E-state index contributed by atoms with van der Waals surface area (Å²) in [5, 5.41) is 11.6. The van der Waals surface area contributed by atoms with Crippen LogP contribution in [0.25, 0.3) is 5.65 Å². The molecule has 0 radical (unpaired) electrons. The second-order valence-corrected chi connectivity index (χ2v) is 11.3. The summed E-state index contributed by atoms with van der Waals surface area (Å²) in [4.78, 5) is 7.49. The Balaban J connectivity index is 1.66. The van der Waals surface area contributed by atoms with E-state index in [2.05, 4.69) is 41.5 Å². The lowest BCUT2D eigenvalue weighted by molar-refractivity contribution is 0.263. The van der Waals surface area contributed by atoms with E-state index in [-0.39, 0.29) is 10.8 Å². The second-order valence-electron chi connectivity index (χ2n) is 9.18. The van der Waals surface area contributed by atoms with Crippen LogP contribution in [0.4, 0.5) is 17.3 Å². The van der Waals surface area contributed by atoms with Gasteiger partial charge < -0.3 is 15.5 Å². The van der Waals surface area contributed by atoms with Gasteiger partial charge in [0.15, 0.2) is 5.65 Å². The molecule has 4 rings (SSSR count). The van der Waals surface area contributed by atoms with Crippen LogP contribution in [0.15, 0.2) is 41.4 Å². The summed E-state index contributed by atoms with van der Waals surface area (Å²) in [6.07, 6.45) is 4.01. The molecule has 10 heteroatoms. The minimum absolute atomic E-state index is 0.253. The van der Waals surface area contributed by atoms with Crippen molar-refractivity contribution in [2.45, 2.75) is 43.5 Å². The third kappa shape index (κ3) is 4.97. The van der Waals surface area contributed by atoms with Crippen LogP contribution in [0.5, 0.6) is 0 Å². The normalized spacial score (nSPS) is 16.1. The highest BCUT2D eigenvalue weighted by atomic mass is 32.2. The molecule has 0 amide bonds. The van der Waals surface area contributed by atoms with Crippen LogP contribution in [-0.2, 0) is 10.0 Å². The number of nitrogens with zero attached hydrogens (tertiary/aromatic N) is 5. The van der Waals surface area contributed by atoms with Gasteiger partial charge in [0.25, 0.3) is 0 Å². The molecule has 3 aromatic rings. The van der Waals surface area contributed by atoms with Gasteiger partial charge in [-0.2, -0.15) is 9.61 Å². The zero-order chi connectivity index (χ0) is 23.8. The molecule has 0 unspecified atom stereocenters. The van der Waals surface area contributed by atoms with E-state index in [0.29, 0.717) is 6.04 Å². The number of anilines is 3. The summed E-state index contributed by atoms with van der Waals surface area (Å²) in [5.74, 6) is 1.87. The molecule has 33 heavy (non-hydrogen) atoms. The van der Waals surface area contributed by atoms with Crippen LogP contribution in [0.1, 0.15) is 38.2 Å². The summed E-state index contributed by atoms with van der Waals surface area (Å²) < 4.78 is 27.8. The fourth-order valence-electron chi connectivity index (χ4n) is 3.98. The van der Waals surface area contributed by atoms with Crippen LogP contribution in [-0.4, -0.2) is 72.5 Å². The van der Waals surface area contributed by atoms with Crippen molar-refractivity contribution in [2.75, 3.05) is 44.9 Å². The van der Waals surface area contributed by atoms with Crippen LogP contribution >= 0.6 is 0 Å². The lowest BCUT2D eigenvalue weighted by Gasteiger charge is -2.30. The summed E-state index contributed by atoms with van der Waals surface area (Å²) >= 11 is 0. The van der Waals surface area contributed by atoms with Crippen molar-refractivity contribution in [3.05, 3.63) is 42.1 Å². The number of rotatable bonds is 7. The van der Waals surface area contributed by atoms with Gasteiger partial charge in [0, 0.05) is 37.5 Å². The Morgan fingerprint density at radius 1 is 1.12 bits per heavy atom. The average Bonchev–Trinajstić information content (AvgIpc) is 3.20. The Labute approximate surface area is 195 Å². The molecule has 2 N–H and O–H groups in total. The van der Waals surface area contributed by atoms with Crippen molar-refractivity contribution < 1.29 is 8.42 Å². The maximum absolute atomic E-state index is 12.4. The number of aromatic nitrogens is 3. The second kappa shape index (κ2) is 9.28. The number of likely N-dealkylation sites (tertiary alicyclic amines) is 1. The maximum Gasteiger partial charge on any atom is 0.242 e. The van der Waals surface area contributed by atoms with Gasteiger partial charge in [-0.3, -0.25) is 0 Å². The largest absolute Gasteiger partial charge is 0.367 e. The molecule has 1 saturated heterocycles. The Morgan fingerprint density at radius 2 is 1.79 bits per heavy atom. The van der Waals surface area contributed by atoms with E-state index in [4.69, 9.17) is 4.98 Å². The maximum atomic E-state index is 12.4. The lowest BCUT2D eigenvalue weighted by atomic mass is 10.1. The van der Waals surface area contributed by atoms with E-state index in [1.807, 2.05) is 12.3 Å². The lowest BCUT2D eigenvalue weighted by Crippen LogP contribution is -2.36. The molecule has 0 bridgehead atoms. The number of benzene rings is 1. The van der Waals surface area contributed by atoms with Gasteiger partial charge in [-0.25, -0.2) is 17.7 Å². The van der Waals surface area contributed by atoms with E-state index >= 15 is 0 Å². The molecule has 1 aromatic carbocycles. The molecule has 1 aliphatic heterocycles. The zero-order valence-corrected chi connectivity index (χ0v) is 20.7. The number of sulfonamides is 1. The van der Waals surface area contributed by atoms with Crippen LogP contribution in [0.3, 0.4) is 0 Å². The minimum atomic E-state index is -3.47. The van der Waals surface area contributed by atoms with Gasteiger partial charge >= 0.3 is 0 Å². The van der Waals surface area contributed by atoms with E-state index < -0.39 is 10.0 Å². The van der Waals surface area contributed by atoms with Gasteiger partial charge in [0.2, 0.25) is 10.0 Å². The summed E-state index contributed by atoms with van der Waals surface area (Å²) in [5.41, 5.74) is 2.67. The first-order valence-electron chi connectivity index (χ1n) is 11.3. The number of hydrogen-bond donors (Lipinski definition) is 2. The van der Waals surface area contributed by atoms with E-state index in [9.17, 15) is 8.42 Å². The van der Waals surface area contributed by atoms with Crippen molar-refractivity contribution in [2.24, 2.45) is 0 Å². The smallest absolute Gasteiger partial charge is 0.242 e. The fraction of sp³-hybridized carbons (Fsp3) is 0.478. The molecule has 0 spiro atoms. The first-order valence-corrected chi connectivity index (χ1v) is 12.7. The van der Waals surface area contributed by atoms with Crippen LogP contribution in [0, 0.1) is 0 Å². The number of nitrogens with one attached hydrogen (secondary N) is 2. The molecule has 178 valence electrons. The molecule has 1 aliphatic rings. The average molecular weight is 472 g/mol. The minimum Gasteiger partial charge on any atom is -0.367 e. The highest BCUT2D eigenvalue weighted by Crippen LogP contribution is 2.27. The van der Waals surface area contributed by atoms with Crippen molar-refractivity contribution in [1.82, 2.24) is 23.8 Å². The molecule has 3 heterocycles. The third-order valence-electron chi connectivity index (χ3n) is 6.10. The number of hydrogen-bond acceptors (Lipinski definition) is 7. The van der Waals surface area contributed by atoms with E-state index in [0.717, 1.165) is 54.5 Å². The van der Waals surface area contributed by atoms with Crippen molar-refractivity contribution in [1.29, 1.82) is 0 Å². The quantitative estimate of drug-likeness (QED) is 0.546. The van der Waals surface area contributed by atoms with Crippen molar-refractivity contribution in [3.8, 4) is 0 Å². The predicted molar refractivity (Wildman–Crippen MR) is 132 cm³/mol. The Kier molecular flexibility index (Phi) is 6.60. The molecule has 2 aromatic heterocycles. The fourth-order valence-corrected chi connectivity index (χ4v) is 4.88. The van der Waals surface area contributed by atoms with Gasteiger partial charge in [0.1, 0.15) is 11.6 Å². The summed E-state index contributed by atoms with van der Waals surface area (Å²) in [6.45, 7) is 6.40. The van der Waals surface area contributed by atoms with E-state index in [1.165, 1.54) is 18.4 Å². The Hall–Kier alpha value is -2.69. The first-order chi connectivity index (χ1) is 15.6. The molecule has 0 aliphatic carbocycles. The zero-order valence-electron chi connectivity index (χ0n) is 19.9.